The summed E-state index contributed by atoms with van der Waals surface area (Å²) in [7, 11) is 0. The molecule has 3 aromatic rings. The molecule has 140 valence electrons. The van der Waals surface area contributed by atoms with Crippen LogP contribution < -0.4 is 9.47 Å². The summed E-state index contributed by atoms with van der Waals surface area (Å²) >= 11 is 0. The highest BCUT2D eigenvalue weighted by Gasteiger charge is 2.63. The lowest BCUT2D eigenvalue weighted by atomic mass is 9.74. The van der Waals surface area contributed by atoms with Gasteiger partial charge in [-0.25, -0.2) is 4.39 Å². The number of alkyl halides is 1. The highest BCUT2D eigenvalue weighted by Crippen LogP contribution is 2.54. The van der Waals surface area contributed by atoms with E-state index in [-0.39, 0.29) is 6.79 Å². The van der Waals surface area contributed by atoms with Crippen LogP contribution in [-0.4, -0.2) is 17.6 Å². The van der Waals surface area contributed by atoms with Crippen LogP contribution in [0.25, 0.3) is 0 Å². The van der Waals surface area contributed by atoms with Crippen LogP contribution in [0.1, 0.15) is 22.7 Å². The number of β-lactam (4-membered cyclic amide) rings is 1. The molecular formula is C23H18FNO3. The van der Waals surface area contributed by atoms with Crippen molar-refractivity contribution in [3.63, 3.8) is 0 Å². The van der Waals surface area contributed by atoms with Crippen molar-refractivity contribution in [3.05, 3.63) is 95.6 Å². The second-order valence-corrected chi connectivity index (χ2v) is 7.01. The third kappa shape index (κ3) is 2.47. The monoisotopic (exact) mass is 375 g/mol. The van der Waals surface area contributed by atoms with Crippen molar-refractivity contribution in [2.45, 2.75) is 18.3 Å². The minimum Gasteiger partial charge on any atom is -0.454 e. The zero-order chi connectivity index (χ0) is 19.1. The van der Waals surface area contributed by atoms with Crippen molar-refractivity contribution in [2.75, 3.05) is 6.79 Å². The predicted molar refractivity (Wildman–Crippen MR) is 102 cm³/mol. The summed E-state index contributed by atoms with van der Waals surface area (Å²) in [5.74, 6) is 0.497. The quantitative estimate of drug-likeness (QED) is 0.636. The number of ether oxygens (including phenoxy) is 2. The zero-order valence-corrected chi connectivity index (χ0v) is 15.0. The molecule has 0 aromatic heterocycles. The van der Waals surface area contributed by atoms with Crippen LogP contribution in [0.2, 0.25) is 0 Å². The lowest BCUT2D eigenvalue weighted by Crippen LogP contribution is -2.63. The van der Waals surface area contributed by atoms with E-state index < -0.39 is 17.6 Å². The van der Waals surface area contributed by atoms with Gasteiger partial charge in [0.15, 0.2) is 11.5 Å². The van der Waals surface area contributed by atoms with E-state index in [0.717, 1.165) is 11.1 Å². The molecule has 0 aliphatic carbocycles. The Kier molecular flexibility index (Phi) is 3.83. The van der Waals surface area contributed by atoms with E-state index in [1.54, 1.807) is 23.1 Å². The molecule has 0 unspecified atom stereocenters. The van der Waals surface area contributed by atoms with E-state index in [0.29, 0.717) is 23.6 Å². The fourth-order valence-corrected chi connectivity index (χ4v) is 3.98. The molecule has 1 amide bonds. The van der Waals surface area contributed by atoms with Gasteiger partial charge in [0, 0.05) is 12.1 Å². The number of carbonyl (C=O) groups is 1. The van der Waals surface area contributed by atoms with E-state index in [2.05, 4.69) is 0 Å². The number of fused-ring (bicyclic) bond motifs is 1. The molecular weight excluding hydrogens is 357 g/mol. The van der Waals surface area contributed by atoms with Gasteiger partial charge in [-0.1, -0.05) is 66.7 Å². The Morgan fingerprint density at radius 1 is 0.929 bits per heavy atom. The first-order chi connectivity index (χ1) is 13.7. The number of benzene rings is 3. The Morgan fingerprint density at radius 3 is 2.36 bits per heavy atom. The molecule has 0 spiro atoms. The largest absolute Gasteiger partial charge is 0.454 e. The summed E-state index contributed by atoms with van der Waals surface area (Å²) in [6, 6.07) is 23.1. The maximum Gasteiger partial charge on any atom is 0.268 e. The summed E-state index contributed by atoms with van der Waals surface area (Å²) in [4.78, 5) is 14.6. The van der Waals surface area contributed by atoms with Gasteiger partial charge in [0.25, 0.3) is 5.91 Å². The molecule has 0 radical (unpaired) electrons. The fraction of sp³-hybridized carbons (Fsp3) is 0.174. The van der Waals surface area contributed by atoms with Crippen LogP contribution in [-0.2, 0) is 17.0 Å². The van der Waals surface area contributed by atoms with E-state index >= 15 is 4.39 Å². The SMILES string of the molecule is O=C1N(Cc2ccccc2)[C@H](c2ccccc2)[C@@]1(F)c1ccc2c(c1)OCO2. The third-order valence-corrected chi connectivity index (χ3v) is 5.36. The highest BCUT2D eigenvalue weighted by molar-refractivity contribution is 5.94. The first-order valence-corrected chi connectivity index (χ1v) is 9.17. The van der Waals surface area contributed by atoms with Crippen molar-refractivity contribution in [2.24, 2.45) is 0 Å². The van der Waals surface area contributed by atoms with Gasteiger partial charge in [0.2, 0.25) is 12.5 Å². The van der Waals surface area contributed by atoms with Gasteiger partial charge in [-0.05, 0) is 23.3 Å². The topological polar surface area (TPSA) is 38.8 Å². The third-order valence-electron chi connectivity index (χ3n) is 5.36. The molecule has 0 saturated carbocycles. The number of amides is 1. The lowest BCUT2D eigenvalue weighted by Gasteiger charge is -2.51. The minimum absolute atomic E-state index is 0.105. The Labute approximate surface area is 162 Å². The average Bonchev–Trinajstić information content (AvgIpc) is 3.22. The van der Waals surface area contributed by atoms with Gasteiger partial charge >= 0.3 is 0 Å². The molecule has 4 nitrogen and oxygen atoms in total. The summed E-state index contributed by atoms with van der Waals surface area (Å²) in [6.45, 7) is 0.462. The van der Waals surface area contributed by atoms with Crippen molar-refractivity contribution in [3.8, 4) is 11.5 Å². The van der Waals surface area contributed by atoms with Crippen LogP contribution in [0.4, 0.5) is 4.39 Å². The number of hydrogen-bond donors (Lipinski definition) is 0. The second-order valence-electron chi connectivity index (χ2n) is 7.01. The Balaban J connectivity index is 1.56. The number of nitrogens with zero attached hydrogens (tertiary/aromatic N) is 1. The Bertz CT molecular complexity index is 1020. The van der Waals surface area contributed by atoms with E-state index in [9.17, 15) is 4.79 Å². The molecule has 2 heterocycles. The van der Waals surface area contributed by atoms with E-state index in [1.807, 2.05) is 60.7 Å². The maximum atomic E-state index is 16.3. The van der Waals surface area contributed by atoms with Crippen LogP contribution >= 0.6 is 0 Å². The van der Waals surface area contributed by atoms with Gasteiger partial charge in [0.05, 0.1) is 0 Å². The minimum atomic E-state index is -2.14. The molecule has 1 fully saturated rings. The molecule has 3 aromatic carbocycles. The summed E-state index contributed by atoms with van der Waals surface area (Å²) in [5, 5.41) is 0. The average molecular weight is 375 g/mol. The van der Waals surface area contributed by atoms with Gasteiger partial charge < -0.3 is 14.4 Å². The Hall–Kier alpha value is -3.34. The van der Waals surface area contributed by atoms with Crippen LogP contribution in [0.3, 0.4) is 0 Å². The molecule has 1 saturated heterocycles. The van der Waals surface area contributed by atoms with Gasteiger partial charge in [-0.2, -0.15) is 0 Å². The number of halogens is 1. The lowest BCUT2D eigenvalue weighted by molar-refractivity contribution is -0.181. The van der Waals surface area contributed by atoms with Crippen molar-refractivity contribution >= 4 is 5.91 Å². The van der Waals surface area contributed by atoms with E-state index in [1.165, 1.54) is 0 Å². The van der Waals surface area contributed by atoms with Gasteiger partial charge in [-0.15, -0.1) is 0 Å². The molecule has 2 aliphatic rings. The van der Waals surface area contributed by atoms with Crippen LogP contribution in [0, 0.1) is 0 Å². The predicted octanol–water partition coefficient (Wildman–Crippen LogP) is 4.36. The molecule has 0 bridgehead atoms. The molecule has 5 rings (SSSR count). The zero-order valence-electron chi connectivity index (χ0n) is 15.0. The first-order valence-electron chi connectivity index (χ1n) is 9.17. The summed E-state index contributed by atoms with van der Waals surface area (Å²) in [5.41, 5.74) is -0.125. The van der Waals surface area contributed by atoms with Crippen molar-refractivity contribution < 1.29 is 18.7 Å². The second kappa shape index (κ2) is 6.37. The number of likely N-dealkylation sites (tertiary alicyclic amines) is 1. The van der Waals surface area contributed by atoms with Gasteiger partial charge in [-0.3, -0.25) is 4.79 Å². The van der Waals surface area contributed by atoms with Crippen molar-refractivity contribution in [1.82, 2.24) is 4.90 Å². The molecule has 2 aliphatic heterocycles. The normalized spacial score (nSPS) is 22.8. The van der Waals surface area contributed by atoms with Crippen molar-refractivity contribution in [1.29, 1.82) is 0 Å². The van der Waals surface area contributed by atoms with Crippen LogP contribution in [0.5, 0.6) is 11.5 Å². The molecule has 2 atom stereocenters. The molecule has 0 N–H and O–H groups in total. The smallest absolute Gasteiger partial charge is 0.268 e. The number of carbonyl (C=O) groups excluding carboxylic acids is 1. The maximum absolute atomic E-state index is 16.3. The number of hydrogen-bond acceptors (Lipinski definition) is 3. The summed E-state index contributed by atoms with van der Waals surface area (Å²) in [6.07, 6.45) is 0. The summed E-state index contributed by atoms with van der Waals surface area (Å²) < 4.78 is 27.0. The molecule has 5 heteroatoms. The van der Waals surface area contributed by atoms with Crippen LogP contribution in [0.15, 0.2) is 78.9 Å². The molecule has 28 heavy (non-hydrogen) atoms. The Morgan fingerprint density at radius 2 is 1.61 bits per heavy atom. The standard InChI is InChI=1S/C23H18FNO3/c24-23(18-11-12-19-20(13-18)28-15-27-19)21(17-9-5-2-6-10-17)25(22(23)26)14-16-7-3-1-4-8-16/h1-13,21H,14-15H2/t21-,23+/m1/s1. The number of rotatable bonds is 4. The first kappa shape index (κ1) is 16.8. The van der Waals surface area contributed by atoms with E-state index in [4.69, 9.17) is 9.47 Å². The highest BCUT2D eigenvalue weighted by atomic mass is 19.1. The fourth-order valence-electron chi connectivity index (χ4n) is 3.98. The van der Waals surface area contributed by atoms with Gasteiger partial charge in [0.1, 0.15) is 6.04 Å².